The summed E-state index contributed by atoms with van der Waals surface area (Å²) in [6.07, 6.45) is 0. The lowest BCUT2D eigenvalue weighted by molar-refractivity contribution is -0.138. The lowest BCUT2D eigenvalue weighted by Gasteiger charge is -2.38. The Labute approximate surface area is 115 Å². The Morgan fingerprint density at radius 2 is 1.68 bits per heavy atom. The van der Waals surface area contributed by atoms with Crippen molar-refractivity contribution < 1.29 is 14.7 Å². The Balaban J connectivity index is 2.46. The fraction of sp³-hybridized carbons (Fsp3) is 0.846. The molecular weight excluding hydrogens is 246 g/mol. The van der Waals surface area contributed by atoms with E-state index in [0.717, 1.165) is 0 Å². The van der Waals surface area contributed by atoms with Crippen molar-refractivity contribution in [3.8, 4) is 0 Å². The lowest BCUT2D eigenvalue weighted by Crippen LogP contribution is -2.54. The number of hydrogen-bond acceptors (Lipinski definition) is 3. The van der Waals surface area contributed by atoms with Gasteiger partial charge in [-0.3, -0.25) is 9.69 Å². The van der Waals surface area contributed by atoms with Crippen LogP contribution in [0, 0.1) is 5.92 Å². The summed E-state index contributed by atoms with van der Waals surface area (Å²) in [6, 6.07) is 0.237. The Hall–Kier alpha value is -1.30. The summed E-state index contributed by atoms with van der Waals surface area (Å²) in [6.45, 7) is 8.74. The van der Waals surface area contributed by atoms with E-state index in [1.54, 1.807) is 9.80 Å². The van der Waals surface area contributed by atoms with Crippen LogP contribution in [0.2, 0.25) is 0 Å². The van der Waals surface area contributed by atoms with Crippen molar-refractivity contribution >= 4 is 12.0 Å². The second-order valence-corrected chi connectivity index (χ2v) is 5.54. The summed E-state index contributed by atoms with van der Waals surface area (Å²) < 4.78 is 0. The standard InChI is InChI=1S/C13H25N3O3/c1-10(2)11(3)14(4)13(19)16-7-5-15(6-8-16)9-12(17)18/h10-11H,5-9H2,1-4H3,(H,17,18). The number of urea groups is 1. The molecule has 1 fully saturated rings. The van der Waals surface area contributed by atoms with Crippen LogP contribution in [0.4, 0.5) is 4.79 Å². The van der Waals surface area contributed by atoms with Crippen LogP contribution in [0.1, 0.15) is 20.8 Å². The number of carbonyl (C=O) groups is 2. The predicted molar refractivity (Wildman–Crippen MR) is 73.1 cm³/mol. The maximum atomic E-state index is 12.3. The fourth-order valence-corrected chi connectivity index (χ4v) is 2.13. The molecule has 1 rings (SSSR count). The molecule has 0 bridgehead atoms. The molecule has 0 aromatic heterocycles. The van der Waals surface area contributed by atoms with Gasteiger partial charge in [0.15, 0.2) is 0 Å². The summed E-state index contributed by atoms with van der Waals surface area (Å²) in [5.41, 5.74) is 0. The van der Waals surface area contributed by atoms with E-state index in [0.29, 0.717) is 32.1 Å². The van der Waals surface area contributed by atoms with Crippen LogP contribution in [0.3, 0.4) is 0 Å². The molecule has 6 heteroatoms. The van der Waals surface area contributed by atoms with Gasteiger partial charge >= 0.3 is 12.0 Å². The molecule has 6 nitrogen and oxygen atoms in total. The molecule has 0 radical (unpaired) electrons. The van der Waals surface area contributed by atoms with E-state index in [4.69, 9.17) is 5.11 Å². The van der Waals surface area contributed by atoms with Crippen molar-refractivity contribution in [2.45, 2.75) is 26.8 Å². The normalized spacial score (nSPS) is 18.5. The third-order valence-corrected chi connectivity index (χ3v) is 3.88. The molecule has 19 heavy (non-hydrogen) atoms. The molecular formula is C13H25N3O3. The molecule has 0 aromatic rings. The van der Waals surface area contributed by atoms with Gasteiger partial charge in [-0.2, -0.15) is 0 Å². The van der Waals surface area contributed by atoms with Crippen molar-refractivity contribution in [3.05, 3.63) is 0 Å². The van der Waals surface area contributed by atoms with Gasteiger partial charge in [0.2, 0.25) is 0 Å². The molecule has 1 unspecified atom stereocenters. The van der Waals surface area contributed by atoms with Gasteiger partial charge in [0.05, 0.1) is 6.54 Å². The number of hydrogen-bond donors (Lipinski definition) is 1. The molecule has 0 aliphatic carbocycles. The van der Waals surface area contributed by atoms with Gasteiger partial charge in [0, 0.05) is 39.3 Å². The smallest absolute Gasteiger partial charge is 0.320 e. The van der Waals surface area contributed by atoms with Crippen LogP contribution >= 0.6 is 0 Å². The highest BCUT2D eigenvalue weighted by Gasteiger charge is 2.27. The molecule has 1 heterocycles. The zero-order chi connectivity index (χ0) is 14.6. The molecule has 0 saturated carbocycles. The number of aliphatic carboxylic acids is 1. The van der Waals surface area contributed by atoms with Crippen molar-refractivity contribution in [3.63, 3.8) is 0 Å². The molecule has 2 amide bonds. The molecule has 0 aromatic carbocycles. The molecule has 1 saturated heterocycles. The first-order chi connectivity index (χ1) is 8.82. The van der Waals surface area contributed by atoms with Crippen molar-refractivity contribution in [2.24, 2.45) is 5.92 Å². The Morgan fingerprint density at radius 1 is 1.16 bits per heavy atom. The van der Waals surface area contributed by atoms with E-state index in [-0.39, 0.29) is 18.6 Å². The van der Waals surface area contributed by atoms with E-state index < -0.39 is 5.97 Å². The molecule has 1 aliphatic rings. The summed E-state index contributed by atoms with van der Waals surface area (Å²) in [4.78, 5) is 28.4. The number of nitrogens with zero attached hydrogens (tertiary/aromatic N) is 3. The van der Waals surface area contributed by atoms with Gasteiger partial charge < -0.3 is 14.9 Å². The number of carboxylic acids is 1. The first kappa shape index (κ1) is 15.8. The van der Waals surface area contributed by atoms with Gasteiger partial charge in [0.25, 0.3) is 0 Å². The summed E-state index contributed by atoms with van der Waals surface area (Å²) in [5.74, 6) is -0.396. The zero-order valence-electron chi connectivity index (χ0n) is 12.3. The number of carbonyl (C=O) groups excluding carboxylic acids is 1. The minimum absolute atomic E-state index is 0.0381. The third kappa shape index (κ3) is 4.38. The quantitative estimate of drug-likeness (QED) is 0.821. The van der Waals surface area contributed by atoms with Gasteiger partial charge in [-0.1, -0.05) is 13.8 Å². The maximum absolute atomic E-state index is 12.3. The summed E-state index contributed by atoms with van der Waals surface area (Å²) in [5, 5.41) is 8.73. The van der Waals surface area contributed by atoms with E-state index in [1.807, 2.05) is 18.9 Å². The van der Waals surface area contributed by atoms with Gasteiger partial charge in [-0.15, -0.1) is 0 Å². The fourth-order valence-electron chi connectivity index (χ4n) is 2.13. The van der Waals surface area contributed by atoms with Crippen LogP contribution in [0.25, 0.3) is 0 Å². The highest BCUT2D eigenvalue weighted by molar-refractivity contribution is 5.74. The van der Waals surface area contributed by atoms with Gasteiger partial charge in [-0.25, -0.2) is 4.79 Å². The summed E-state index contributed by atoms with van der Waals surface area (Å²) in [7, 11) is 1.83. The molecule has 1 atom stereocenters. The first-order valence-corrected chi connectivity index (χ1v) is 6.78. The van der Waals surface area contributed by atoms with Crippen molar-refractivity contribution in [1.29, 1.82) is 0 Å². The van der Waals surface area contributed by atoms with Crippen molar-refractivity contribution in [2.75, 3.05) is 39.8 Å². The maximum Gasteiger partial charge on any atom is 0.320 e. The minimum atomic E-state index is -0.815. The number of piperazine rings is 1. The van der Waals surface area contributed by atoms with Crippen LogP contribution in [-0.2, 0) is 4.79 Å². The first-order valence-electron chi connectivity index (χ1n) is 6.78. The second kappa shape index (κ2) is 6.75. The topological polar surface area (TPSA) is 64.1 Å². The van der Waals surface area contributed by atoms with Crippen LogP contribution < -0.4 is 0 Å². The molecule has 0 spiro atoms. The second-order valence-electron chi connectivity index (χ2n) is 5.54. The molecule has 1 aliphatic heterocycles. The van der Waals surface area contributed by atoms with Crippen LogP contribution in [0.15, 0.2) is 0 Å². The highest BCUT2D eigenvalue weighted by Crippen LogP contribution is 2.12. The third-order valence-electron chi connectivity index (χ3n) is 3.88. The minimum Gasteiger partial charge on any atom is -0.480 e. The molecule has 1 N–H and O–H groups in total. The Morgan fingerprint density at radius 3 is 2.11 bits per heavy atom. The summed E-state index contributed by atoms with van der Waals surface area (Å²) >= 11 is 0. The number of rotatable bonds is 4. The number of amides is 2. The number of carboxylic acid groups (broad SMARTS) is 1. The van der Waals surface area contributed by atoms with Crippen LogP contribution in [-0.4, -0.2) is 77.6 Å². The van der Waals surface area contributed by atoms with Gasteiger partial charge in [-0.05, 0) is 12.8 Å². The molecule has 110 valence electrons. The van der Waals surface area contributed by atoms with Crippen molar-refractivity contribution in [1.82, 2.24) is 14.7 Å². The monoisotopic (exact) mass is 271 g/mol. The van der Waals surface area contributed by atoms with Crippen LogP contribution in [0.5, 0.6) is 0 Å². The van der Waals surface area contributed by atoms with Gasteiger partial charge in [0.1, 0.15) is 0 Å². The van der Waals surface area contributed by atoms with E-state index in [9.17, 15) is 9.59 Å². The van der Waals surface area contributed by atoms with E-state index >= 15 is 0 Å². The largest absolute Gasteiger partial charge is 0.480 e. The SMILES string of the molecule is CC(C)C(C)N(C)C(=O)N1CCN(CC(=O)O)CC1. The van der Waals surface area contributed by atoms with E-state index in [1.165, 1.54) is 0 Å². The van der Waals surface area contributed by atoms with E-state index in [2.05, 4.69) is 13.8 Å². The zero-order valence-corrected chi connectivity index (χ0v) is 12.3. The average molecular weight is 271 g/mol. The highest BCUT2D eigenvalue weighted by atomic mass is 16.4. The lowest BCUT2D eigenvalue weighted by atomic mass is 10.1. The predicted octanol–water partition coefficient (Wildman–Crippen LogP) is 0.785. The Bertz CT molecular complexity index is 325. The average Bonchev–Trinajstić information content (AvgIpc) is 2.36. The Kier molecular flexibility index (Phi) is 5.60.